The second-order valence-electron chi connectivity index (χ2n) is 4.10. The Hall–Kier alpha value is -0.470. The highest BCUT2D eigenvalue weighted by Crippen LogP contribution is 2.25. The Morgan fingerprint density at radius 3 is 2.44 bits per heavy atom. The summed E-state index contributed by atoms with van der Waals surface area (Å²) in [5.74, 6) is 0. The Balaban J connectivity index is 2.46. The van der Waals surface area contributed by atoms with Gasteiger partial charge in [-0.3, -0.25) is 0 Å². The maximum Gasteiger partial charge on any atom is 0.0220 e. The molecule has 1 N–H and O–H groups in total. The fourth-order valence-electron chi connectivity index (χ4n) is 1.77. The van der Waals surface area contributed by atoms with E-state index < -0.39 is 0 Å². The van der Waals surface area contributed by atoms with Gasteiger partial charge in [0.25, 0.3) is 0 Å². The van der Waals surface area contributed by atoms with Crippen LogP contribution in [-0.4, -0.2) is 17.8 Å². The standard InChI is InChI=1S/C14H23NS/c1-4-11-15-14(5-2)12(3)16-13-9-7-6-8-10-13/h6-10,12,14-15H,4-5,11H2,1-3H3. The average Bonchev–Trinajstić information content (AvgIpc) is 2.31. The van der Waals surface area contributed by atoms with E-state index in [0.29, 0.717) is 11.3 Å². The molecular weight excluding hydrogens is 214 g/mol. The Labute approximate surface area is 104 Å². The molecule has 0 radical (unpaired) electrons. The molecule has 1 aromatic carbocycles. The molecule has 1 nitrogen and oxygen atoms in total. The minimum atomic E-state index is 0.616. The molecule has 0 aliphatic rings. The largest absolute Gasteiger partial charge is 0.313 e. The first-order chi connectivity index (χ1) is 7.77. The van der Waals surface area contributed by atoms with Crippen molar-refractivity contribution in [2.75, 3.05) is 6.54 Å². The van der Waals surface area contributed by atoms with Gasteiger partial charge in [-0.15, -0.1) is 11.8 Å². The molecule has 0 aliphatic carbocycles. The lowest BCUT2D eigenvalue weighted by atomic mass is 10.1. The third-order valence-corrected chi connectivity index (χ3v) is 3.97. The number of hydrogen-bond acceptors (Lipinski definition) is 2. The van der Waals surface area contributed by atoms with E-state index in [1.54, 1.807) is 0 Å². The summed E-state index contributed by atoms with van der Waals surface area (Å²) in [4.78, 5) is 1.37. The normalized spacial score (nSPS) is 14.7. The molecular formula is C14H23NS. The molecule has 2 heteroatoms. The number of rotatable bonds is 7. The van der Waals surface area contributed by atoms with Crippen molar-refractivity contribution in [2.45, 2.75) is 49.8 Å². The maximum absolute atomic E-state index is 3.62. The number of hydrogen-bond donors (Lipinski definition) is 1. The molecule has 0 fully saturated rings. The lowest BCUT2D eigenvalue weighted by Crippen LogP contribution is -2.36. The van der Waals surface area contributed by atoms with Gasteiger partial charge >= 0.3 is 0 Å². The summed E-state index contributed by atoms with van der Waals surface area (Å²) >= 11 is 1.96. The van der Waals surface area contributed by atoms with Gasteiger partial charge in [-0.05, 0) is 31.5 Å². The van der Waals surface area contributed by atoms with Crippen LogP contribution in [0.1, 0.15) is 33.6 Å². The summed E-state index contributed by atoms with van der Waals surface area (Å²) in [5, 5.41) is 4.24. The molecule has 1 rings (SSSR count). The van der Waals surface area contributed by atoms with Gasteiger partial charge in [0.05, 0.1) is 0 Å². The minimum absolute atomic E-state index is 0.616. The summed E-state index contributed by atoms with van der Waals surface area (Å²) in [6.45, 7) is 7.91. The average molecular weight is 237 g/mol. The van der Waals surface area contributed by atoms with Crippen LogP contribution in [0.15, 0.2) is 35.2 Å². The van der Waals surface area contributed by atoms with E-state index in [2.05, 4.69) is 56.4 Å². The second kappa shape index (κ2) is 7.75. The van der Waals surface area contributed by atoms with E-state index in [0.717, 1.165) is 6.54 Å². The lowest BCUT2D eigenvalue weighted by molar-refractivity contribution is 0.494. The third kappa shape index (κ3) is 4.58. The van der Waals surface area contributed by atoms with Gasteiger partial charge in [-0.1, -0.05) is 39.0 Å². The Kier molecular flexibility index (Phi) is 6.58. The van der Waals surface area contributed by atoms with Gasteiger partial charge in [-0.2, -0.15) is 0 Å². The number of thioether (sulfide) groups is 1. The van der Waals surface area contributed by atoms with E-state index in [4.69, 9.17) is 0 Å². The first-order valence-electron chi connectivity index (χ1n) is 6.23. The minimum Gasteiger partial charge on any atom is -0.313 e. The molecule has 0 amide bonds. The van der Waals surface area contributed by atoms with Crippen molar-refractivity contribution in [3.05, 3.63) is 30.3 Å². The summed E-state index contributed by atoms with van der Waals surface area (Å²) in [6, 6.07) is 11.3. The van der Waals surface area contributed by atoms with Crippen molar-refractivity contribution in [3.63, 3.8) is 0 Å². The molecule has 0 aromatic heterocycles. The molecule has 0 saturated carbocycles. The van der Waals surface area contributed by atoms with Crippen LogP contribution in [0.25, 0.3) is 0 Å². The highest BCUT2D eigenvalue weighted by molar-refractivity contribution is 8.00. The van der Waals surface area contributed by atoms with E-state index in [-0.39, 0.29) is 0 Å². The van der Waals surface area contributed by atoms with Crippen LogP contribution >= 0.6 is 11.8 Å². The molecule has 0 aliphatic heterocycles. The fourth-order valence-corrected chi connectivity index (χ4v) is 2.96. The van der Waals surface area contributed by atoms with Crippen molar-refractivity contribution in [1.82, 2.24) is 5.32 Å². The molecule has 1 aromatic rings. The van der Waals surface area contributed by atoms with Crippen LogP contribution in [-0.2, 0) is 0 Å². The molecule has 0 spiro atoms. The van der Waals surface area contributed by atoms with Crippen LogP contribution in [0.3, 0.4) is 0 Å². The monoisotopic (exact) mass is 237 g/mol. The predicted molar refractivity (Wildman–Crippen MR) is 74.1 cm³/mol. The van der Waals surface area contributed by atoms with Crippen molar-refractivity contribution in [3.8, 4) is 0 Å². The first-order valence-corrected chi connectivity index (χ1v) is 7.11. The van der Waals surface area contributed by atoms with Crippen molar-refractivity contribution in [1.29, 1.82) is 0 Å². The second-order valence-corrected chi connectivity index (χ2v) is 5.56. The topological polar surface area (TPSA) is 12.0 Å². The third-order valence-electron chi connectivity index (χ3n) is 2.73. The van der Waals surface area contributed by atoms with Gasteiger partial charge in [0.15, 0.2) is 0 Å². The van der Waals surface area contributed by atoms with Gasteiger partial charge in [0.1, 0.15) is 0 Å². The smallest absolute Gasteiger partial charge is 0.0220 e. The van der Waals surface area contributed by atoms with Crippen LogP contribution in [0, 0.1) is 0 Å². The van der Waals surface area contributed by atoms with Gasteiger partial charge in [0.2, 0.25) is 0 Å². The van der Waals surface area contributed by atoms with Crippen LogP contribution < -0.4 is 5.32 Å². The Morgan fingerprint density at radius 2 is 1.88 bits per heavy atom. The summed E-state index contributed by atoms with van der Waals surface area (Å²) < 4.78 is 0. The van der Waals surface area contributed by atoms with Gasteiger partial charge in [-0.25, -0.2) is 0 Å². The van der Waals surface area contributed by atoms with Crippen molar-refractivity contribution >= 4 is 11.8 Å². The molecule has 16 heavy (non-hydrogen) atoms. The van der Waals surface area contributed by atoms with E-state index in [9.17, 15) is 0 Å². The summed E-state index contributed by atoms with van der Waals surface area (Å²) in [6.07, 6.45) is 2.40. The zero-order valence-electron chi connectivity index (χ0n) is 10.6. The molecule has 2 unspecified atom stereocenters. The fraction of sp³-hybridized carbons (Fsp3) is 0.571. The molecule has 0 saturated heterocycles. The number of benzene rings is 1. The zero-order chi connectivity index (χ0) is 11.8. The number of nitrogens with one attached hydrogen (secondary N) is 1. The van der Waals surface area contributed by atoms with Crippen LogP contribution in [0.2, 0.25) is 0 Å². The molecule has 0 heterocycles. The van der Waals surface area contributed by atoms with Gasteiger partial charge < -0.3 is 5.32 Å². The SMILES string of the molecule is CCCNC(CC)C(C)Sc1ccccc1. The Morgan fingerprint density at radius 1 is 1.19 bits per heavy atom. The Bertz CT molecular complexity index is 273. The van der Waals surface area contributed by atoms with Gasteiger partial charge in [0, 0.05) is 16.2 Å². The summed E-state index contributed by atoms with van der Waals surface area (Å²) in [7, 11) is 0. The predicted octanol–water partition coefficient (Wildman–Crippen LogP) is 3.95. The van der Waals surface area contributed by atoms with E-state index in [1.165, 1.54) is 17.7 Å². The van der Waals surface area contributed by atoms with Crippen LogP contribution in [0.5, 0.6) is 0 Å². The zero-order valence-corrected chi connectivity index (χ0v) is 11.4. The molecule has 2 atom stereocenters. The highest BCUT2D eigenvalue weighted by Gasteiger charge is 2.15. The maximum atomic E-state index is 3.62. The van der Waals surface area contributed by atoms with E-state index >= 15 is 0 Å². The molecule has 0 bridgehead atoms. The molecule has 90 valence electrons. The lowest BCUT2D eigenvalue weighted by Gasteiger charge is -2.23. The first kappa shape index (κ1) is 13.6. The van der Waals surface area contributed by atoms with Crippen molar-refractivity contribution in [2.24, 2.45) is 0 Å². The highest BCUT2D eigenvalue weighted by atomic mass is 32.2. The quantitative estimate of drug-likeness (QED) is 0.721. The van der Waals surface area contributed by atoms with Crippen LogP contribution in [0.4, 0.5) is 0 Å². The van der Waals surface area contributed by atoms with E-state index in [1.807, 2.05) is 11.8 Å². The summed E-state index contributed by atoms with van der Waals surface area (Å²) in [5.41, 5.74) is 0. The van der Waals surface area contributed by atoms with Crippen molar-refractivity contribution < 1.29 is 0 Å².